The lowest BCUT2D eigenvalue weighted by Crippen LogP contribution is -2.09. The normalized spacial score (nSPS) is 11.7. The quantitative estimate of drug-likeness (QED) is 0.186. The van der Waals surface area contributed by atoms with Gasteiger partial charge in [-0.1, -0.05) is 109 Å². The summed E-state index contributed by atoms with van der Waals surface area (Å²) in [4.78, 5) is 2.34. The van der Waals surface area contributed by atoms with Crippen LogP contribution in [0.4, 0.5) is 17.1 Å². The van der Waals surface area contributed by atoms with Gasteiger partial charge in [0.2, 0.25) is 0 Å². The lowest BCUT2D eigenvalue weighted by atomic mass is 9.94. The number of furan rings is 1. The van der Waals surface area contributed by atoms with Crippen LogP contribution in [0.2, 0.25) is 0 Å². The Kier molecular flexibility index (Phi) is 6.39. The lowest BCUT2D eigenvalue weighted by molar-refractivity contribution is 0.669. The van der Waals surface area contributed by atoms with Gasteiger partial charge in [-0.15, -0.1) is 11.3 Å². The Morgan fingerprint density at radius 3 is 1.84 bits per heavy atom. The summed E-state index contributed by atoms with van der Waals surface area (Å²) in [6, 6.07) is 63.3. The number of thiophene rings is 1. The van der Waals surface area contributed by atoms with Crippen LogP contribution in [0.15, 0.2) is 180 Å². The van der Waals surface area contributed by atoms with Gasteiger partial charge < -0.3 is 9.32 Å². The van der Waals surface area contributed by atoms with Crippen LogP contribution >= 0.6 is 11.3 Å². The largest absolute Gasteiger partial charge is 0.456 e. The number of hydrogen-bond acceptors (Lipinski definition) is 3. The van der Waals surface area contributed by atoms with Gasteiger partial charge in [-0.3, -0.25) is 0 Å². The zero-order chi connectivity index (χ0) is 32.3. The summed E-state index contributed by atoms with van der Waals surface area (Å²) in [5.74, 6) is 0. The number of benzene rings is 8. The van der Waals surface area contributed by atoms with Crippen LogP contribution in [0, 0.1) is 0 Å². The number of nitrogens with zero attached hydrogens (tertiary/aromatic N) is 1. The number of fused-ring (bicyclic) bond motifs is 7. The van der Waals surface area contributed by atoms with Crippen LogP contribution < -0.4 is 4.90 Å². The van der Waals surface area contributed by atoms with E-state index in [4.69, 9.17) is 4.42 Å². The molecule has 0 aliphatic carbocycles. The summed E-state index contributed by atoms with van der Waals surface area (Å²) < 4.78 is 9.01. The van der Waals surface area contributed by atoms with Crippen molar-refractivity contribution in [2.45, 2.75) is 0 Å². The van der Waals surface area contributed by atoms with Crippen LogP contribution in [0.25, 0.3) is 75.1 Å². The van der Waals surface area contributed by atoms with Crippen LogP contribution in [-0.4, -0.2) is 0 Å². The van der Waals surface area contributed by atoms with Crippen molar-refractivity contribution in [2.75, 3.05) is 4.90 Å². The molecule has 2 aromatic heterocycles. The summed E-state index contributed by atoms with van der Waals surface area (Å²) in [6.45, 7) is 0. The first-order chi connectivity index (χ1) is 24.3. The lowest BCUT2D eigenvalue weighted by Gasteiger charge is -2.26. The summed E-state index contributed by atoms with van der Waals surface area (Å²) in [7, 11) is 0. The maximum Gasteiger partial charge on any atom is 0.137 e. The third-order valence-electron chi connectivity index (χ3n) is 9.65. The smallest absolute Gasteiger partial charge is 0.137 e. The second-order valence-corrected chi connectivity index (χ2v) is 13.6. The third kappa shape index (κ3) is 4.70. The number of para-hydroxylation sites is 1. The van der Waals surface area contributed by atoms with E-state index in [0.29, 0.717) is 0 Å². The topological polar surface area (TPSA) is 16.4 Å². The summed E-state index contributed by atoms with van der Waals surface area (Å²) in [5.41, 5.74) is 9.85. The first kappa shape index (κ1) is 27.9. The predicted octanol–water partition coefficient (Wildman–Crippen LogP) is 13.9. The molecule has 10 rings (SSSR count). The maximum absolute atomic E-state index is 6.37. The Hall–Kier alpha value is -6.16. The molecule has 0 aliphatic heterocycles. The van der Waals surface area contributed by atoms with Crippen molar-refractivity contribution >= 4 is 81.3 Å². The average molecular weight is 644 g/mol. The minimum Gasteiger partial charge on any atom is -0.456 e. The molecule has 0 amide bonds. The molecule has 230 valence electrons. The van der Waals surface area contributed by atoms with Crippen molar-refractivity contribution in [3.63, 3.8) is 0 Å². The van der Waals surface area contributed by atoms with E-state index in [0.717, 1.165) is 39.0 Å². The van der Waals surface area contributed by atoms with Crippen molar-refractivity contribution in [1.29, 1.82) is 0 Å². The second kappa shape index (κ2) is 11.2. The minimum atomic E-state index is 0.879. The molecule has 10 aromatic rings. The van der Waals surface area contributed by atoms with Gasteiger partial charge in [0, 0.05) is 54.1 Å². The zero-order valence-corrected chi connectivity index (χ0v) is 27.3. The first-order valence-electron chi connectivity index (χ1n) is 16.6. The molecule has 0 saturated heterocycles. The number of anilines is 3. The summed E-state index contributed by atoms with van der Waals surface area (Å²) in [5, 5.41) is 7.34. The van der Waals surface area contributed by atoms with E-state index in [9.17, 15) is 0 Å². The van der Waals surface area contributed by atoms with Crippen molar-refractivity contribution in [3.8, 4) is 22.3 Å². The molecule has 0 saturated carbocycles. The van der Waals surface area contributed by atoms with E-state index in [-0.39, 0.29) is 0 Å². The van der Waals surface area contributed by atoms with E-state index in [1.807, 2.05) is 23.5 Å². The van der Waals surface area contributed by atoms with Gasteiger partial charge in [-0.2, -0.15) is 0 Å². The Morgan fingerprint density at radius 2 is 1.00 bits per heavy atom. The Bertz CT molecular complexity index is 2830. The Balaban J connectivity index is 1.13. The van der Waals surface area contributed by atoms with Gasteiger partial charge in [0.1, 0.15) is 11.2 Å². The van der Waals surface area contributed by atoms with E-state index < -0.39 is 0 Å². The number of hydrogen-bond donors (Lipinski definition) is 0. The Labute approximate surface area is 287 Å². The maximum atomic E-state index is 6.37. The van der Waals surface area contributed by atoms with E-state index in [1.165, 1.54) is 53.2 Å². The van der Waals surface area contributed by atoms with Crippen molar-refractivity contribution in [2.24, 2.45) is 0 Å². The van der Waals surface area contributed by atoms with Gasteiger partial charge >= 0.3 is 0 Å². The molecule has 0 unspecified atom stereocenters. The monoisotopic (exact) mass is 643 g/mol. The highest BCUT2D eigenvalue weighted by Crippen LogP contribution is 2.42. The van der Waals surface area contributed by atoms with E-state index in [2.05, 4.69) is 169 Å². The molecule has 0 aliphatic rings. The third-order valence-corrected chi connectivity index (χ3v) is 10.8. The van der Waals surface area contributed by atoms with Crippen LogP contribution in [0.1, 0.15) is 0 Å². The molecule has 0 radical (unpaired) electrons. The van der Waals surface area contributed by atoms with Gasteiger partial charge in [0.05, 0.1) is 0 Å². The molecular formula is C46H29NOS. The highest BCUT2D eigenvalue weighted by molar-refractivity contribution is 7.25. The molecule has 49 heavy (non-hydrogen) atoms. The summed E-state index contributed by atoms with van der Waals surface area (Å²) in [6.07, 6.45) is 0. The van der Waals surface area contributed by atoms with Crippen LogP contribution in [-0.2, 0) is 0 Å². The molecule has 0 bridgehead atoms. The molecule has 0 N–H and O–H groups in total. The molecule has 2 heterocycles. The standard InChI is InChI=1S/C46H29NOS/c1-2-10-30(11-3-1)37-12-4-5-13-38(37)31-18-21-34(22-19-31)47(36-24-25-40-39-14-6-8-16-43(39)48-44(40)29-36)35-23-20-32-28-46-42(27-33(32)26-35)41-15-7-9-17-45(41)49-46/h1-29H. The predicted molar refractivity (Wildman–Crippen MR) is 210 cm³/mol. The van der Waals surface area contributed by atoms with Crippen molar-refractivity contribution in [3.05, 3.63) is 176 Å². The molecule has 2 nitrogen and oxygen atoms in total. The van der Waals surface area contributed by atoms with E-state index >= 15 is 0 Å². The van der Waals surface area contributed by atoms with Crippen LogP contribution in [0.5, 0.6) is 0 Å². The fourth-order valence-electron chi connectivity index (χ4n) is 7.29. The molecule has 3 heteroatoms. The minimum absolute atomic E-state index is 0.879. The van der Waals surface area contributed by atoms with Crippen LogP contribution in [0.3, 0.4) is 0 Å². The molecular weight excluding hydrogens is 615 g/mol. The molecule has 0 spiro atoms. The average Bonchev–Trinajstić information content (AvgIpc) is 3.72. The highest BCUT2D eigenvalue weighted by Gasteiger charge is 2.17. The van der Waals surface area contributed by atoms with Gasteiger partial charge in [-0.05, 0) is 93.7 Å². The highest BCUT2D eigenvalue weighted by atomic mass is 32.1. The molecule has 0 atom stereocenters. The van der Waals surface area contributed by atoms with Crippen molar-refractivity contribution < 1.29 is 4.42 Å². The fraction of sp³-hybridized carbons (Fsp3) is 0. The van der Waals surface area contributed by atoms with Gasteiger partial charge in [0.15, 0.2) is 0 Å². The molecule has 0 fully saturated rings. The summed E-state index contributed by atoms with van der Waals surface area (Å²) >= 11 is 1.86. The number of rotatable bonds is 5. The first-order valence-corrected chi connectivity index (χ1v) is 17.4. The van der Waals surface area contributed by atoms with Gasteiger partial charge in [0.25, 0.3) is 0 Å². The zero-order valence-electron chi connectivity index (χ0n) is 26.5. The van der Waals surface area contributed by atoms with Crippen molar-refractivity contribution in [1.82, 2.24) is 0 Å². The molecule has 8 aromatic carbocycles. The SMILES string of the molecule is c1ccc(-c2ccccc2-c2ccc(N(c3ccc4cc5sc6ccccc6c5cc4c3)c3ccc4c(c3)oc3ccccc34)cc2)cc1. The van der Waals surface area contributed by atoms with Gasteiger partial charge in [-0.25, -0.2) is 0 Å². The van der Waals surface area contributed by atoms with E-state index in [1.54, 1.807) is 0 Å². The second-order valence-electron chi connectivity index (χ2n) is 12.6. The Morgan fingerprint density at radius 1 is 0.367 bits per heavy atom. The fourth-order valence-corrected chi connectivity index (χ4v) is 8.43.